The lowest BCUT2D eigenvalue weighted by atomic mass is 10.7. The molecule has 1 nitrogen and oxygen atoms in total. The van der Waals surface area contributed by atoms with Crippen LogP contribution in [-0.4, -0.2) is 9.37 Å². The summed E-state index contributed by atoms with van der Waals surface area (Å²) in [5.41, 5.74) is 0. The van der Waals surface area contributed by atoms with Crippen molar-refractivity contribution < 1.29 is 5.11 Å². The molecule has 0 saturated carbocycles. The Morgan fingerprint density at radius 3 is 1.83 bits per heavy atom. The average Bonchev–Trinajstić information content (AvgIpc) is 1.35. The second-order valence-electron chi connectivity index (χ2n) is 0.780. The molecule has 0 spiro atoms. The summed E-state index contributed by atoms with van der Waals surface area (Å²) < 4.78 is -1.54. The molecule has 3 heteroatoms. The van der Waals surface area contributed by atoms with Crippen molar-refractivity contribution in [1.82, 2.24) is 0 Å². The van der Waals surface area contributed by atoms with E-state index in [-0.39, 0.29) is 0 Å². The van der Waals surface area contributed by atoms with Crippen molar-refractivity contribution in [1.29, 1.82) is 0 Å². The van der Waals surface area contributed by atoms with Gasteiger partial charge in [0.25, 0.3) is 0 Å². The zero-order chi connectivity index (χ0) is 5.21. The molecule has 0 aliphatic heterocycles. The van der Waals surface area contributed by atoms with Crippen LogP contribution in [0.5, 0.6) is 0 Å². The molecule has 0 radical (unpaired) electrons. The predicted molar refractivity (Wildman–Crippen MR) is 31.8 cm³/mol. The van der Waals surface area contributed by atoms with Gasteiger partial charge in [-0.1, -0.05) is 0 Å². The molecule has 0 aliphatic rings. The van der Waals surface area contributed by atoms with E-state index in [0.717, 1.165) is 0 Å². The molecule has 0 atom stereocenters. The molecule has 0 rings (SSSR count). The van der Waals surface area contributed by atoms with Crippen LogP contribution in [0.15, 0.2) is 0 Å². The van der Waals surface area contributed by atoms with Gasteiger partial charge in [-0.15, -0.1) is 31.7 Å². The zero-order valence-corrected chi connectivity index (χ0v) is 4.71. The molecule has 0 unspecified atom stereocenters. The van der Waals surface area contributed by atoms with Crippen molar-refractivity contribution in [3.63, 3.8) is 0 Å². The maximum atomic E-state index is 8.32. The zero-order valence-electron chi connectivity index (χ0n) is 2.92. The lowest BCUT2D eigenvalue weighted by molar-refractivity contribution is 0.292. The van der Waals surface area contributed by atoms with Crippen LogP contribution >= 0.6 is 25.3 Å². The first kappa shape index (κ1) is 6.22. The lowest BCUT2D eigenvalue weighted by Gasteiger charge is -2.01. The van der Waals surface area contributed by atoms with Crippen molar-refractivity contribution in [2.45, 2.75) is 4.27 Å². The number of terminal acetylenes is 1. The van der Waals surface area contributed by atoms with Gasteiger partial charge in [0.15, 0.2) is 0 Å². The molecule has 0 aliphatic carbocycles. The predicted octanol–water partition coefficient (Wildman–Crippen LogP) is 0.125. The van der Waals surface area contributed by atoms with E-state index in [1.807, 2.05) is 5.92 Å². The monoisotopic (exact) mass is 120 g/mol. The third kappa shape index (κ3) is 4.22. The Morgan fingerprint density at radius 2 is 1.83 bits per heavy atom. The normalized spacial score (nSPS) is 10.3. The lowest BCUT2D eigenvalue weighted by Crippen LogP contribution is -2.05. The highest BCUT2D eigenvalue weighted by molar-refractivity contribution is 8.00. The molecular weight excluding hydrogens is 116 g/mol. The van der Waals surface area contributed by atoms with E-state index in [2.05, 4.69) is 31.7 Å². The fraction of sp³-hybridized carbons (Fsp3) is 0.333. The van der Waals surface area contributed by atoms with Crippen molar-refractivity contribution >= 4 is 25.3 Å². The van der Waals surface area contributed by atoms with Crippen LogP contribution < -0.4 is 0 Å². The summed E-state index contributed by atoms with van der Waals surface area (Å²) in [6.07, 6.45) is 4.65. The van der Waals surface area contributed by atoms with Gasteiger partial charge < -0.3 is 5.11 Å². The van der Waals surface area contributed by atoms with Crippen molar-refractivity contribution in [2.24, 2.45) is 0 Å². The molecule has 0 aromatic heterocycles. The number of aliphatic hydroxyl groups is 1. The van der Waals surface area contributed by atoms with Crippen LogP contribution in [-0.2, 0) is 0 Å². The Morgan fingerprint density at radius 1 is 1.67 bits per heavy atom. The second-order valence-corrected chi connectivity index (χ2v) is 2.43. The van der Waals surface area contributed by atoms with Gasteiger partial charge in [-0.2, -0.15) is 0 Å². The van der Waals surface area contributed by atoms with Crippen LogP contribution in [0.4, 0.5) is 0 Å². The van der Waals surface area contributed by atoms with Gasteiger partial charge in [0.1, 0.15) is 0 Å². The number of rotatable bonds is 0. The molecular formula is C3H4OS2. The van der Waals surface area contributed by atoms with Crippen LogP contribution in [0.1, 0.15) is 0 Å². The van der Waals surface area contributed by atoms with Crippen molar-refractivity contribution in [3.8, 4) is 12.3 Å². The Hall–Kier alpha value is 0.220. The molecule has 0 bridgehead atoms. The van der Waals surface area contributed by atoms with Gasteiger partial charge >= 0.3 is 0 Å². The van der Waals surface area contributed by atoms with Gasteiger partial charge in [-0.05, 0) is 5.92 Å². The molecule has 1 N–H and O–H groups in total. The van der Waals surface area contributed by atoms with Crippen molar-refractivity contribution in [2.75, 3.05) is 0 Å². The van der Waals surface area contributed by atoms with Gasteiger partial charge in [0, 0.05) is 0 Å². The Kier molecular flexibility index (Phi) is 1.85. The van der Waals surface area contributed by atoms with E-state index in [1.54, 1.807) is 0 Å². The average molecular weight is 120 g/mol. The van der Waals surface area contributed by atoms with E-state index >= 15 is 0 Å². The summed E-state index contributed by atoms with van der Waals surface area (Å²) in [7, 11) is 0. The quantitative estimate of drug-likeness (QED) is 0.236. The Bertz CT molecular complexity index is 75.8. The number of thiol groups is 2. The molecule has 0 aromatic carbocycles. The van der Waals surface area contributed by atoms with E-state index in [0.29, 0.717) is 0 Å². The summed E-state index contributed by atoms with van der Waals surface area (Å²) in [4.78, 5) is 0. The molecule has 0 saturated heterocycles. The molecule has 34 valence electrons. The summed E-state index contributed by atoms with van der Waals surface area (Å²) in [5, 5.41) is 8.32. The van der Waals surface area contributed by atoms with Gasteiger partial charge in [-0.25, -0.2) is 0 Å². The second kappa shape index (κ2) is 1.78. The topological polar surface area (TPSA) is 20.2 Å². The first-order valence-electron chi connectivity index (χ1n) is 1.21. The van der Waals surface area contributed by atoms with E-state index in [1.165, 1.54) is 0 Å². The summed E-state index contributed by atoms with van der Waals surface area (Å²) >= 11 is 6.88. The van der Waals surface area contributed by atoms with Crippen molar-refractivity contribution in [3.05, 3.63) is 0 Å². The smallest absolute Gasteiger partial charge is 0.215 e. The molecule has 0 amide bonds. The third-order valence-electron chi connectivity index (χ3n) is 0.194. The SMILES string of the molecule is C#CC(O)(S)S. The minimum absolute atomic E-state index is 1.54. The maximum absolute atomic E-state index is 8.32. The number of hydrogen-bond acceptors (Lipinski definition) is 3. The van der Waals surface area contributed by atoms with Gasteiger partial charge in [0.05, 0.1) is 0 Å². The van der Waals surface area contributed by atoms with Crippen LogP contribution in [0.2, 0.25) is 0 Å². The van der Waals surface area contributed by atoms with E-state index < -0.39 is 4.27 Å². The Labute approximate surface area is 47.6 Å². The van der Waals surface area contributed by atoms with Crippen LogP contribution in [0.3, 0.4) is 0 Å². The minimum Gasteiger partial charge on any atom is -0.361 e. The van der Waals surface area contributed by atoms with Crippen LogP contribution in [0, 0.1) is 12.3 Å². The summed E-state index contributed by atoms with van der Waals surface area (Å²) in [6, 6.07) is 0. The molecule has 0 fully saturated rings. The van der Waals surface area contributed by atoms with Crippen LogP contribution in [0.25, 0.3) is 0 Å². The van der Waals surface area contributed by atoms with Gasteiger partial charge in [-0.3, -0.25) is 0 Å². The van der Waals surface area contributed by atoms with E-state index in [9.17, 15) is 0 Å². The highest BCUT2D eigenvalue weighted by Crippen LogP contribution is 2.10. The first-order valence-corrected chi connectivity index (χ1v) is 2.10. The summed E-state index contributed by atoms with van der Waals surface area (Å²) in [6.45, 7) is 0. The molecule has 6 heavy (non-hydrogen) atoms. The number of hydrogen-bond donors (Lipinski definition) is 3. The standard InChI is InChI=1S/C3H4OS2/c1-2-3(4,5)6/h1,4-6H. The molecule has 0 heterocycles. The fourth-order valence-corrected chi connectivity index (χ4v) is 0. The molecule has 0 aromatic rings. The Balaban J connectivity index is 3.55. The van der Waals surface area contributed by atoms with E-state index in [4.69, 9.17) is 5.11 Å². The third-order valence-corrected chi connectivity index (χ3v) is 0.452. The largest absolute Gasteiger partial charge is 0.361 e. The maximum Gasteiger partial charge on any atom is 0.215 e. The fourth-order valence-electron chi connectivity index (χ4n) is 0. The minimum atomic E-state index is -1.54. The van der Waals surface area contributed by atoms with Gasteiger partial charge in [0.2, 0.25) is 4.27 Å². The summed E-state index contributed by atoms with van der Waals surface area (Å²) in [5.74, 6) is 1.89. The first-order chi connectivity index (χ1) is 2.56. The highest BCUT2D eigenvalue weighted by Gasteiger charge is 2.06. The highest BCUT2D eigenvalue weighted by atomic mass is 32.2.